The highest BCUT2D eigenvalue weighted by Gasteiger charge is 2.49. The van der Waals surface area contributed by atoms with Crippen LogP contribution in [0.2, 0.25) is 0 Å². The van der Waals surface area contributed by atoms with Crippen molar-refractivity contribution >= 4 is 11.8 Å². The van der Waals surface area contributed by atoms with E-state index in [0.29, 0.717) is 12.5 Å². The van der Waals surface area contributed by atoms with E-state index in [0.717, 1.165) is 0 Å². The molecule has 0 aromatic heterocycles. The van der Waals surface area contributed by atoms with Crippen molar-refractivity contribution in [2.75, 3.05) is 6.54 Å². The molecule has 1 aliphatic rings. The molecule has 0 aliphatic carbocycles. The predicted octanol–water partition coefficient (Wildman–Crippen LogP) is 2.43. The Hall–Kier alpha value is -1.06. The number of nitrogens with one attached hydrogen (secondary N) is 1. The zero-order chi connectivity index (χ0) is 15.9. The summed E-state index contributed by atoms with van der Waals surface area (Å²) < 4.78 is 0. The van der Waals surface area contributed by atoms with E-state index < -0.39 is 12.1 Å². The van der Waals surface area contributed by atoms with Crippen LogP contribution in [0.1, 0.15) is 55.4 Å². The van der Waals surface area contributed by atoms with E-state index in [1.54, 1.807) is 4.90 Å². The number of carbonyl (C=O) groups is 2. The van der Waals surface area contributed by atoms with E-state index >= 15 is 0 Å². The number of piperazine rings is 1. The Morgan fingerprint density at radius 1 is 1.05 bits per heavy atom. The summed E-state index contributed by atoms with van der Waals surface area (Å²) in [6.07, 6.45) is 0. The lowest BCUT2D eigenvalue weighted by atomic mass is 9.78. The largest absolute Gasteiger partial charge is 0.342 e. The average Bonchev–Trinajstić information content (AvgIpc) is 2.18. The molecule has 1 N–H and O–H groups in total. The van der Waals surface area contributed by atoms with Gasteiger partial charge >= 0.3 is 0 Å². The fourth-order valence-corrected chi connectivity index (χ4v) is 2.75. The van der Waals surface area contributed by atoms with Crippen LogP contribution in [0.25, 0.3) is 0 Å². The molecule has 0 aromatic rings. The zero-order valence-corrected chi connectivity index (χ0v) is 14.2. The Morgan fingerprint density at radius 2 is 1.55 bits per heavy atom. The molecular formula is C16H30N2O2. The zero-order valence-electron chi connectivity index (χ0n) is 14.2. The van der Waals surface area contributed by atoms with Gasteiger partial charge in [0.25, 0.3) is 0 Å². The van der Waals surface area contributed by atoms with Gasteiger partial charge in [0.15, 0.2) is 0 Å². The lowest BCUT2D eigenvalue weighted by Crippen LogP contribution is -2.69. The van der Waals surface area contributed by atoms with Crippen LogP contribution in [-0.4, -0.2) is 35.3 Å². The number of carbonyl (C=O) groups excluding carboxylic acids is 2. The molecule has 1 aliphatic heterocycles. The molecule has 1 rings (SSSR count). The van der Waals surface area contributed by atoms with Crippen LogP contribution in [0.15, 0.2) is 0 Å². The molecule has 0 spiro atoms. The SMILES string of the molecule is CC(C)CN1C(=O)C(C(C)(C)C)NC(=O)C1C(C)(C)C. The van der Waals surface area contributed by atoms with Gasteiger partial charge in [-0.15, -0.1) is 0 Å². The van der Waals surface area contributed by atoms with Crippen molar-refractivity contribution in [2.24, 2.45) is 16.7 Å². The third-order valence-electron chi connectivity index (χ3n) is 3.62. The summed E-state index contributed by atoms with van der Waals surface area (Å²) in [5, 5.41) is 2.94. The maximum atomic E-state index is 12.8. The van der Waals surface area contributed by atoms with E-state index in [9.17, 15) is 9.59 Å². The summed E-state index contributed by atoms with van der Waals surface area (Å²) in [5.41, 5.74) is -0.539. The maximum Gasteiger partial charge on any atom is 0.246 e. The monoisotopic (exact) mass is 282 g/mol. The Balaban J connectivity index is 3.18. The van der Waals surface area contributed by atoms with E-state index in [4.69, 9.17) is 0 Å². The fraction of sp³-hybridized carbons (Fsp3) is 0.875. The highest BCUT2D eigenvalue weighted by Crippen LogP contribution is 2.32. The first-order valence-electron chi connectivity index (χ1n) is 7.46. The summed E-state index contributed by atoms with van der Waals surface area (Å²) in [7, 11) is 0. The van der Waals surface area contributed by atoms with Crippen molar-refractivity contribution in [1.29, 1.82) is 0 Å². The fourth-order valence-electron chi connectivity index (χ4n) is 2.75. The molecule has 4 heteroatoms. The van der Waals surface area contributed by atoms with E-state index in [-0.39, 0.29) is 22.6 Å². The second kappa shape index (κ2) is 5.38. The molecule has 4 nitrogen and oxygen atoms in total. The quantitative estimate of drug-likeness (QED) is 0.845. The minimum atomic E-state index is -0.438. The van der Waals surface area contributed by atoms with Gasteiger partial charge in [-0.2, -0.15) is 0 Å². The predicted molar refractivity (Wildman–Crippen MR) is 81.2 cm³/mol. The van der Waals surface area contributed by atoms with Crippen molar-refractivity contribution in [2.45, 2.75) is 67.5 Å². The number of hydrogen-bond acceptors (Lipinski definition) is 2. The van der Waals surface area contributed by atoms with Crippen LogP contribution >= 0.6 is 0 Å². The number of rotatable bonds is 2. The third kappa shape index (κ3) is 3.53. The summed E-state index contributed by atoms with van der Waals surface area (Å²) in [5.74, 6) is 0.360. The smallest absolute Gasteiger partial charge is 0.246 e. The molecule has 2 amide bonds. The Kier molecular flexibility index (Phi) is 4.57. The average molecular weight is 282 g/mol. The van der Waals surface area contributed by atoms with Gasteiger partial charge in [0.1, 0.15) is 12.1 Å². The van der Waals surface area contributed by atoms with Crippen LogP contribution in [0, 0.1) is 16.7 Å². The summed E-state index contributed by atoms with van der Waals surface area (Å²) >= 11 is 0. The molecule has 2 atom stereocenters. The third-order valence-corrected chi connectivity index (χ3v) is 3.62. The van der Waals surface area contributed by atoms with Crippen LogP contribution in [0.3, 0.4) is 0 Å². The number of nitrogens with zero attached hydrogens (tertiary/aromatic N) is 1. The standard InChI is InChI=1S/C16H30N2O2/c1-10(2)9-18-12(16(6,7)8)13(19)17-11(14(18)20)15(3,4)5/h10-12H,9H2,1-8H3,(H,17,19). The molecule has 1 fully saturated rings. The van der Waals surface area contributed by atoms with Crippen molar-refractivity contribution in [3.8, 4) is 0 Å². The van der Waals surface area contributed by atoms with Gasteiger partial charge in [0.2, 0.25) is 11.8 Å². The second-order valence-corrected chi connectivity index (χ2v) is 8.46. The van der Waals surface area contributed by atoms with Gasteiger partial charge in [-0.05, 0) is 16.7 Å². The van der Waals surface area contributed by atoms with Gasteiger partial charge < -0.3 is 10.2 Å². The highest BCUT2D eigenvalue weighted by atomic mass is 16.2. The van der Waals surface area contributed by atoms with Gasteiger partial charge in [-0.3, -0.25) is 9.59 Å². The summed E-state index contributed by atoms with van der Waals surface area (Å²) in [6, 6.07) is -0.830. The number of amides is 2. The molecule has 1 heterocycles. The van der Waals surface area contributed by atoms with Crippen LogP contribution in [0.4, 0.5) is 0 Å². The molecule has 0 bridgehead atoms. The van der Waals surface area contributed by atoms with Crippen molar-refractivity contribution < 1.29 is 9.59 Å². The second-order valence-electron chi connectivity index (χ2n) is 8.46. The Bertz CT molecular complexity index is 388. The molecule has 0 aromatic carbocycles. The topological polar surface area (TPSA) is 49.4 Å². The first kappa shape index (κ1) is 17.0. The molecule has 1 saturated heterocycles. The number of hydrogen-bond donors (Lipinski definition) is 1. The summed E-state index contributed by atoms with van der Waals surface area (Å²) in [6.45, 7) is 16.8. The molecule has 0 radical (unpaired) electrons. The van der Waals surface area contributed by atoms with E-state index in [2.05, 4.69) is 19.2 Å². The molecule has 2 unspecified atom stereocenters. The van der Waals surface area contributed by atoms with Crippen LogP contribution in [0.5, 0.6) is 0 Å². The molecule has 116 valence electrons. The van der Waals surface area contributed by atoms with E-state index in [1.807, 2.05) is 41.5 Å². The van der Waals surface area contributed by atoms with Crippen LogP contribution < -0.4 is 5.32 Å². The molecule has 20 heavy (non-hydrogen) atoms. The first-order chi connectivity index (χ1) is 8.85. The lowest BCUT2D eigenvalue weighted by Gasteiger charge is -2.48. The Morgan fingerprint density at radius 3 is 1.90 bits per heavy atom. The van der Waals surface area contributed by atoms with Crippen LogP contribution in [-0.2, 0) is 9.59 Å². The van der Waals surface area contributed by atoms with Crippen molar-refractivity contribution in [3.63, 3.8) is 0 Å². The highest BCUT2D eigenvalue weighted by molar-refractivity contribution is 5.97. The minimum Gasteiger partial charge on any atom is -0.342 e. The van der Waals surface area contributed by atoms with Crippen molar-refractivity contribution in [1.82, 2.24) is 10.2 Å². The molecule has 0 saturated carbocycles. The molecular weight excluding hydrogens is 252 g/mol. The minimum absolute atomic E-state index is 0.0299. The maximum absolute atomic E-state index is 12.8. The van der Waals surface area contributed by atoms with Gasteiger partial charge in [-0.25, -0.2) is 0 Å². The summed E-state index contributed by atoms with van der Waals surface area (Å²) in [4.78, 5) is 27.1. The van der Waals surface area contributed by atoms with Gasteiger partial charge in [0, 0.05) is 6.54 Å². The lowest BCUT2D eigenvalue weighted by molar-refractivity contribution is -0.157. The van der Waals surface area contributed by atoms with Gasteiger partial charge in [0.05, 0.1) is 0 Å². The van der Waals surface area contributed by atoms with Gasteiger partial charge in [-0.1, -0.05) is 55.4 Å². The van der Waals surface area contributed by atoms with E-state index in [1.165, 1.54) is 0 Å². The normalized spacial score (nSPS) is 25.1. The van der Waals surface area contributed by atoms with Crippen molar-refractivity contribution in [3.05, 3.63) is 0 Å². The Labute approximate surface area is 123 Å². The first-order valence-corrected chi connectivity index (χ1v) is 7.46.